The van der Waals surface area contributed by atoms with Gasteiger partial charge in [0.2, 0.25) is 0 Å². The number of alkyl halides is 2. The molecule has 1 heterocycles. The second-order valence-corrected chi connectivity index (χ2v) is 6.60. The Hall–Kier alpha value is -2.87. The molecule has 1 aliphatic rings. The Morgan fingerprint density at radius 1 is 1.14 bits per heavy atom. The number of halogens is 3. The topological polar surface area (TPSA) is 67.9 Å². The Kier molecular flexibility index (Phi) is 5.69. The normalized spacial score (nSPS) is 19.1. The number of nitrogens with one attached hydrogen (secondary N) is 1. The van der Waals surface area contributed by atoms with Crippen LogP contribution in [0.5, 0.6) is 11.5 Å². The maximum Gasteiger partial charge on any atom is 0.387 e. The number of amides is 3. The van der Waals surface area contributed by atoms with Crippen LogP contribution in [0.25, 0.3) is 0 Å². The molecule has 0 saturated carbocycles. The summed E-state index contributed by atoms with van der Waals surface area (Å²) < 4.78 is 34.4. The third kappa shape index (κ3) is 4.01. The van der Waals surface area contributed by atoms with E-state index >= 15 is 0 Å². The standard InChI is InChI=1S/C19H17ClF2N2O4/c1-19(12-6-8-13(9-7-12)28-17(21)22)16(25)24(18(26)23-19)10-11-27-15-5-3-2-4-14(15)20/h2-9,17H,10-11H2,1H3,(H,23,26). The predicted molar refractivity (Wildman–Crippen MR) is 97.6 cm³/mol. The van der Waals surface area contributed by atoms with Gasteiger partial charge >= 0.3 is 12.6 Å². The summed E-state index contributed by atoms with van der Waals surface area (Å²) in [5, 5.41) is 3.06. The Labute approximate surface area is 165 Å². The number of carbonyl (C=O) groups is 2. The minimum Gasteiger partial charge on any atom is -0.490 e. The fourth-order valence-electron chi connectivity index (χ4n) is 2.87. The van der Waals surface area contributed by atoms with Gasteiger partial charge < -0.3 is 14.8 Å². The smallest absolute Gasteiger partial charge is 0.387 e. The number of benzene rings is 2. The Bertz CT molecular complexity index is 878. The van der Waals surface area contributed by atoms with Gasteiger partial charge in [-0.25, -0.2) is 4.79 Å². The first-order valence-corrected chi connectivity index (χ1v) is 8.76. The molecule has 1 unspecified atom stereocenters. The lowest BCUT2D eigenvalue weighted by atomic mass is 9.92. The van der Waals surface area contributed by atoms with E-state index in [4.69, 9.17) is 16.3 Å². The zero-order chi connectivity index (χ0) is 20.3. The molecule has 1 N–H and O–H groups in total. The molecule has 148 valence electrons. The molecule has 0 aliphatic carbocycles. The number of hydrogen-bond donors (Lipinski definition) is 1. The molecule has 3 rings (SSSR count). The van der Waals surface area contributed by atoms with Gasteiger partial charge in [-0.1, -0.05) is 35.9 Å². The van der Waals surface area contributed by atoms with Crippen LogP contribution in [-0.2, 0) is 10.3 Å². The van der Waals surface area contributed by atoms with Crippen molar-refractivity contribution in [1.29, 1.82) is 0 Å². The van der Waals surface area contributed by atoms with Crippen LogP contribution in [0.3, 0.4) is 0 Å². The lowest BCUT2D eigenvalue weighted by Crippen LogP contribution is -2.41. The first-order chi connectivity index (χ1) is 13.3. The fraction of sp³-hybridized carbons (Fsp3) is 0.263. The molecule has 3 amide bonds. The minimum absolute atomic E-state index is 0.0259. The fourth-order valence-corrected chi connectivity index (χ4v) is 3.06. The van der Waals surface area contributed by atoms with Gasteiger partial charge in [-0.3, -0.25) is 9.69 Å². The van der Waals surface area contributed by atoms with Crippen molar-refractivity contribution in [2.24, 2.45) is 0 Å². The van der Waals surface area contributed by atoms with Crippen molar-refractivity contribution in [3.05, 3.63) is 59.1 Å². The second-order valence-electron chi connectivity index (χ2n) is 6.19. The second kappa shape index (κ2) is 8.02. The maximum absolute atomic E-state index is 12.8. The summed E-state index contributed by atoms with van der Waals surface area (Å²) in [5.41, 5.74) is -0.868. The van der Waals surface area contributed by atoms with Crippen molar-refractivity contribution in [2.75, 3.05) is 13.2 Å². The molecule has 1 saturated heterocycles. The highest BCUT2D eigenvalue weighted by Crippen LogP contribution is 2.30. The van der Waals surface area contributed by atoms with E-state index in [0.29, 0.717) is 16.3 Å². The molecule has 9 heteroatoms. The van der Waals surface area contributed by atoms with Crippen LogP contribution in [0.2, 0.25) is 5.02 Å². The van der Waals surface area contributed by atoms with Crippen LogP contribution in [0.4, 0.5) is 13.6 Å². The summed E-state index contributed by atoms with van der Waals surface area (Å²) in [6.07, 6.45) is 0. The van der Waals surface area contributed by atoms with E-state index in [1.165, 1.54) is 24.3 Å². The number of hydrogen-bond acceptors (Lipinski definition) is 4. The SMILES string of the molecule is CC1(c2ccc(OC(F)F)cc2)NC(=O)N(CCOc2ccccc2Cl)C1=O. The molecule has 0 spiro atoms. The summed E-state index contributed by atoms with van der Waals surface area (Å²) in [4.78, 5) is 26.1. The zero-order valence-electron chi connectivity index (χ0n) is 14.8. The Morgan fingerprint density at radius 3 is 2.46 bits per heavy atom. The Morgan fingerprint density at radius 2 is 1.82 bits per heavy atom. The molecule has 28 heavy (non-hydrogen) atoms. The van der Waals surface area contributed by atoms with Gasteiger partial charge in [-0.2, -0.15) is 8.78 Å². The average Bonchev–Trinajstić information content (AvgIpc) is 2.87. The highest BCUT2D eigenvalue weighted by molar-refractivity contribution is 6.32. The maximum atomic E-state index is 12.8. The van der Waals surface area contributed by atoms with Crippen molar-refractivity contribution in [3.63, 3.8) is 0 Å². The van der Waals surface area contributed by atoms with Crippen LogP contribution in [-0.4, -0.2) is 36.6 Å². The molecule has 2 aromatic rings. The van der Waals surface area contributed by atoms with Crippen LogP contribution in [0.15, 0.2) is 48.5 Å². The van der Waals surface area contributed by atoms with Gasteiger partial charge in [-0.15, -0.1) is 0 Å². The summed E-state index contributed by atoms with van der Waals surface area (Å²) in [7, 11) is 0. The van der Waals surface area contributed by atoms with Crippen LogP contribution < -0.4 is 14.8 Å². The average molecular weight is 411 g/mol. The number of urea groups is 1. The van der Waals surface area contributed by atoms with Crippen molar-refractivity contribution in [1.82, 2.24) is 10.2 Å². The molecule has 1 aliphatic heterocycles. The third-order valence-electron chi connectivity index (χ3n) is 4.34. The van der Waals surface area contributed by atoms with E-state index in [1.54, 1.807) is 31.2 Å². The van der Waals surface area contributed by atoms with Gasteiger partial charge in [-0.05, 0) is 36.8 Å². The molecule has 0 aromatic heterocycles. The lowest BCUT2D eigenvalue weighted by Gasteiger charge is -2.22. The van der Waals surface area contributed by atoms with E-state index in [9.17, 15) is 18.4 Å². The summed E-state index contributed by atoms with van der Waals surface area (Å²) in [6, 6.07) is 11.8. The number of rotatable bonds is 7. The van der Waals surface area contributed by atoms with Gasteiger partial charge in [0.25, 0.3) is 5.91 Å². The highest BCUT2D eigenvalue weighted by atomic mass is 35.5. The van der Waals surface area contributed by atoms with Crippen LogP contribution in [0.1, 0.15) is 12.5 Å². The van der Waals surface area contributed by atoms with Gasteiger partial charge in [0, 0.05) is 0 Å². The third-order valence-corrected chi connectivity index (χ3v) is 4.65. The number of imide groups is 1. The number of nitrogens with zero attached hydrogens (tertiary/aromatic N) is 1. The first-order valence-electron chi connectivity index (χ1n) is 8.38. The molecule has 2 aromatic carbocycles. The molecule has 1 atom stereocenters. The minimum atomic E-state index is -2.94. The zero-order valence-corrected chi connectivity index (χ0v) is 15.6. The largest absolute Gasteiger partial charge is 0.490 e. The van der Waals surface area contributed by atoms with Crippen molar-refractivity contribution < 1.29 is 27.8 Å². The van der Waals surface area contributed by atoms with Gasteiger partial charge in [0.1, 0.15) is 23.6 Å². The highest BCUT2D eigenvalue weighted by Gasteiger charge is 2.48. The molecule has 0 radical (unpaired) electrons. The van der Waals surface area contributed by atoms with Crippen molar-refractivity contribution in [2.45, 2.75) is 19.1 Å². The summed E-state index contributed by atoms with van der Waals surface area (Å²) in [5.74, 6) is -0.0551. The quantitative estimate of drug-likeness (QED) is 0.705. The summed E-state index contributed by atoms with van der Waals surface area (Å²) >= 11 is 6.00. The molecule has 6 nitrogen and oxygen atoms in total. The van der Waals surface area contributed by atoms with Gasteiger partial charge in [0.05, 0.1) is 11.6 Å². The van der Waals surface area contributed by atoms with E-state index in [2.05, 4.69) is 10.1 Å². The number of ether oxygens (including phenoxy) is 2. The predicted octanol–water partition coefficient (Wildman–Crippen LogP) is 3.79. The van der Waals surface area contributed by atoms with Crippen molar-refractivity contribution >= 4 is 23.5 Å². The molecular weight excluding hydrogens is 394 g/mol. The first kappa shape index (κ1) is 19.9. The van der Waals surface area contributed by atoms with Crippen LogP contribution in [0, 0.1) is 0 Å². The van der Waals surface area contributed by atoms with E-state index < -0.39 is 24.1 Å². The van der Waals surface area contributed by atoms with Crippen molar-refractivity contribution in [3.8, 4) is 11.5 Å². The monoisotopic (exact) mass is 410 g/mol. The molecule has 1 fully saturated rings. The van der Waals surface area contributed by atoms with E-state index in [0.717, 1.165) is 4.90 Å². The number of para-hydroxylation sites is 1. The molecular formula is C19H17ClF2N2O4. The summed E-state index contributed by atoms with van der Waals surface area (Å²) in [6.45, 7) is -1.30. The lowest BCUT2D eigenvalue weighted by molar-refractivity contribution is -0.131. The van der Waals surface area contributed by atoms with Crippen LogP contribution >= 0.6 is 11.6 Å². The van der Waals surface area contributed by atoms with Gasteiger partial charge in [0.15, 0.2) is 0 Å². The Balaban J connectivity index is 1.67. The number of carbonyl (C=O) groups excluding carboxylic acids is 2. The molecule has 0 bridgehead atoms. The van der Waals surface area contributed by atoms with E-state index in [-0.39, 0.29) is 18.9 Å². The van der Waals surface area contributed by atoms with E-state index in [1.807, 2.05) is 0 Å².